The van der Waals surface area contributed by atoms with E-state index in [1.165, 1.54) is 4.52 Å². The number of pyridine rings is 2. The molecule has 20 heavy (non-hydrogen) atoms. The maximum atomic E-state index is 11.4. The highest BCUT2D eigenvalue weighted by atomic mass is 16.5. The molecule has 0 aliphatic carbocycles. The summed E-state index contributed by atoms with van der Waals surface area (Å²) in [5.74, 6) is 0.378. The molecule has 0 aliphatic heterocycles. The molecule has 3 heterocycles. The number of rotatable bonds is 3. The van der Waals surface area contributed by atoms with Gasteiger partial charge in [0.15, 0.2) is 11.3 Å². The molecule has 3 aromatic rings. The van der Waals surface area contributed by atoms with E-state index in [0.717, 1.165) is 0 Å². The van der Waals surface area contributed by atoms with Crippen LogP contribution in [0.1, 0.15) is 10.4 Å². The minimum atomic E-state index is -0.553. The summed E-state index contributed by atoms with van der Waals surface area (Å²) in [6.07, 6.45) is 3.31. The molecule has 0 bridgehead atoms. The van der Waals surface area contributed by atoms with Crippen molar-refractivity contribution in [3.63, 3.8) is 0 Å². The van der Waals surface area contributed by atoms with E-state index in [1.807, 2.05) is 0 Å². The lowest BCUT2D eigenvalue weighted by atomic mass is 10.2. The van der Waals surface area contributed by atoms with Crippen LogP contribution in [0.15, 0.2) is 36.7 Å². The van der Waals surface area contributed by atoms with E-state index >= 15 is 0 Å². The molecule has 0 atom stereocenters. The quantitative estimate of drug-likeness (QED) is 0.762. The van der Waals surface area contributed by atoms with Crippen molar-refractivity contribution in [2.75, 3.05) is 7.11 Å². The largest absolute Gasteiger partial charge is 0.494 e. The molecular formula is C13H11N5O2. The van der Waals surface area contributed by atoms with Crippen LogP contribution in [0.25, 0.3) is 17.2 Å². The highest BCUT2D eigenvalue weighted by Gasteiger charge is 2.16. The summed E-state index contributed by atoms with van der Waals surface area (Å²) in [5, 5.41) is 4.29. The Balaban J connectivity index is 2.23. The molecule has 0 saturated carbocycles. The molecule has 0 unspecified atom stereocenters. The first-order valence-corrected chi connectivity index (χ1v) is 5.85. The molecule has 0 spiro atoms. The van der Waals surface area contributed by atoms with Crippen LogP contribution in [0, 0.1) is 0 Å². The molecular weight excluding hydrogens is 258 g/mol. The number of amides is 1. The molecule has 100 valence electrons. The lowest BCUT2D eigenvalue weighted by molar-refractivity contribution is 0.100. The van der Waals surface area contributed by atoms with E-state index in [0.29, 0.717) is 28.5 Å². The fourth-order valence-electron chi connectivity index (χ4n) is 1.92. The third-order valence-corrected chi connectivity index (χ3v) is 2.83. The van der Waals surface area contributed by atoms with E-state index in [2.05, 4.69) is 15.1 Å². The number of ether oxygens (including phenoxy) is 1. The van der Waals surface area contributed by atoms with Gasteiger partial charge in [0, 0.05) is 12.4 Å². The average Bonchev–Trinajstić information content (AvgIpc) is 2.90. The van der Waals surface area contributed by atoms with Gasteiger partial charge in [0.1, 0.15) is 5.75 Å². The van der Waals surface area contributed by atoms with Crippen molar-refractivity contribution in [1.29, 1.82) is 0 Å². The van der Waals surface area contributed by atoms with Crippen LogP contribution < -0.4 is 10.5 Å². The number of nitrogens with zero attached hydrogens (tertiary/aromatic N) is 4. The van der Waals surface area contributed by atoms with Crippen molar-refractivity contribution in [3.8, 4) is 17.3 Å². The van der Waals surface area contributed by atoms with Crippen molar-refractivity contribution in [2.24, 2.45) is 5.73 Å². The minimum absolute atomic E-state index is 0.307. The van der Waals surface area contributed by atoms with Crippen LogP contribution in [0.3, 0.4) is 0 Å². The normalized spacial score (nSPS) is 10.7. The van der Waals surface area contributed by atoms with Crippen LogP contribution in [0.2, 0.25) is 0 Å². The number of fused-ring (bicyclic) bond motifs is 1. The summed E-state index contributed by atoms with van der Waals surface area (Å²) in [5.41, 5.74) is 6.53. The molecule has 0 aromatic carbocycles. The highest BCUT2D eigenvalue weighted by Crippen LogP contribution is 2.25. The molecule has 3 aromatic heterocycles. The monoisotopic (exact) mass is 269 g/mol. The summed E-state index contributed by atoms with van der Waals surface area (Å²) in [7, 11) is 1.55. The van der Waals surface area contributed by atoms with Crippen molar-refractivity contribution >= 4 is 11.6 Å². The first-order valence-electron chi connectivity index (χ1n) is 5.85. The molecule has 3 rings (SSSR count). The Morgan fingerprint density at radius 1 is 1.35 bits per heavy atom. The molecule has 0 saturated heterocycles. The molecule has 2 N–H and O–H groups in total. The number of hydrogen-bond donors (Lipinski definition) is 1. The van der Waals surface area contributed by atoms with Gasteiger partial charge < -0.3 is 10.5 Å². The molecule has 0 fully saturated rings. The summed E-state index contributed by atoms with van der Waals surface area (Å²) >= 11 is 0. The van der Waals surface area contributed by atoms with E-state index in [1.54, 1.807) is 43.8 Å². The smallest absolute Gasteiger partial charge is 0.252 e. The Bertz CT molecular complexity index is 796. The Morgan fingerprint density at radius 2 is 2.20 bits per heavy atom. The number of carbonyl (C=O) groups is 1. The van der Waals surface area contributed by atoms with Crippen LogP contribution in [0.4, 0.5) is 0 Å². The van der Waals surface area contributed by atoms with Gasteiger partial charge in [-0.1, -0.05) is 0 Å². The fraction of sp³-hybridized carbons (Fsp3) is 0.0769. The van der Waals surface area contributed by atoms with Crippen LogP contribution in [-0.2, 0) is 0 Å². The van der Waals surface area contributed by atoms with Crippen LogP contribution >= 0.6 is 0 Å². The van der Waals surface area contributed by atoms with Gasteiger partial charge >= 0.3 is 0 Å². The standard InChI is InChI=1S/C13H11N5O2/c1-20-9-5-2-6-15-10(9)12-16-13-8(11(14)19)4-3-7-18(13)17-12/h2-7H,1H3,(H2,14,19). The predicted octanol–water partition coefficient (Wildman–Crippen LogP) is 0.899. The maximum absolute atomic E-state index is 11.4. The Kier molecular flexibility index (Phi) is 2.79. The molecule has 1 amide bonds. The lowest BCUT2D eigenvalue weighted by Gasteiger charge is -2.02. The second-order valence-corrected chi connectivity index (χ2v) is 4.04. The number of primary amides is 1. The fourth-order valence-corrected chi connectivity index (χ4v) is 1.92. The molecule has 0 aliphatic rings. The van der Waals surface area contributed by atoms with E-state index in [4.69, 9.17) is 10.5 Å². The van der Waals surface area contributed by atoms with Gasteiger partial charge in [0.25, 0.3) is 5.91 Å². The summed E-state index contributed by atoms with van der Waals surface area (Å²) in [6.45, 7) is 0. The highest BCUT2D eigenvalue weighted by molar-refractivity contribution is 5.98. The van der Waals surface area contributed by atoms with Crippen LogP contribution in [-0.4, -0.2) is 32.6 Å². The van der Waals surface area contributed by atoms with Crippen molar-refractivity contribution in [2.45, 2.75) is 0 Å². The second kappa shape index (κ2) is 4.61. The van der Waals surface area contributed by atoms with Gasteiger partial charge in [-0.3, -0.25) is 4.79 Å². The van der Waals surface area contributed by atoms with Gasteiger partial charge in [-0.2, -0.15) is 0 Å². The number of methoxy groups -OCH3 is 1. The van der Waals surface area contributed by atoms with Crippen LogP contribution in [0.5, 0.6) is 5.75 Å². The third kappa shape index (κ3) is 1.85. The van der Waals surface area contributed by atoms with Gasteiger partial charge in [0.05, 0.1) is 12.7 Å². The molecule has 7 nitrogen and oxygen atoms in total. The lowest BCUT2D eigenvalue weighted by Crippen LogP contribution is -2.12. The number of carbonyl (C=O) groups excluding carboxylic acids is 1. The first kappa shape index (κ1) is 12.1. The van der Waals surface area contributed by atoms with E-state index < -0.39 is 5.91 Å². The van der Waals surface area contributed by atoms with Crippen molar-refractivity contribution in [1.82, 2.24) is 19.6 Å². The van der Waals surface area contributed by atoms with Gasteiger partial charge in [-0.25, -0.2) is 14.5 Å². The van der Waals surface area contributed by atoms with Gasteiger partial charge in [0.2, 0.25) is 5.82 Å². The Morgan fingerprint density at radius 3 is 2.95 bits per heavy atom. The van der Waals surface area contributed by atoms with Crippen molar-refractivity contribution in [3.05, 3.63) is 42.2 Å². The van der Waals surface area contributed by atoms with Gasteiger partial charge in [-0.05, 0) is 24.3 Å². The summed E-state index contributed by atoms with van der Waals surface area (Å²) in [4.78, 5) is 19.9. The SMILES string of the molecule is COc1cccnc1-c1nc2c(C(N)=O)cccn2n1. The zero-order valence-electron chi connectivity index (χ0n) is 10.6. The predicted molar refractivity (Wildman–Crippen MR) is 71.3 cm³/mol. The van der Waals surface area contributed by atoms with E-state index in [9.17, 15) is 4.79 Å². The maximum Gasteiger partial charge on any atom is 0.252 e. The summed E-state index contributed by atoms with van der Waals surface area (Å²) in [6, 6.07) is 6.81. The first-order chi connectivity index (χ1) is 9.70. The minimum Gasteiger partial charge on any atom is -0.494 e. The van der Waals surface area contributed by atoms with Gasteiger partial charge in [-0.15, -0.1) is 5.10 Å². The average molecular weight is 269 g/mol. The zero-order valence-corrected chi connectivity index (χ0v) is 10.6. The number of aromatic nitrogens is 4. The Labute approximate surface area is 114 Å². The third-order valence-electron chi connectivity index (χ3n) is 2.83. The zero-order chi connectivity index (χ0) is 14.1. The van der Waals surface area contributed by atoms with Crippen molar-refractivity contribution < 1.29 is 9.53 Å². The molecule has 0 radical (unpaired) electrons. The van der Waals surface area contributed by atoms with E-state index in [-0.39, 0.29) is 0 Å². The topological polar surface area (TPSA) is 95.4 Å². The summed E-state index contributed by atoms with van der Waals surface area (Å²) < 4.78 is 6.72. The Hall–Kier alpha value is -2.96. The number of hydrogen-bond acceptors (Lipinski definition) is 5. The number of nitrogens with two attached hydrogens (primary N) is 1. The molecule has 7 heteroatoms. The second-order valence-electron chi connectivity index (χ2n) is 4.04.